The van der Waals surface area contributed by atoms with Gasteiger partial charge in [-0.25, -0.2) is 4.39 Å². The summed E-state index contributed by atoms with van der Waals surface area (Å²) in [5.41, 5.74) is 1.28. The zero-order chi connectivity index (χ0) is 17.0. The Morgan fingerprint density at radius 2 is 2.09 bits per heavy atom. The molecule has 0 aliphatic rings. The summed E-state index contributed by atoms with van der Waals surface area (Å²) in [6.45, 7) is 7.39. The van der Waals surface area contributed by atoms with E-state index in [1.807, 2.05) is 20.8 Å². The molecule has 0 saturated carbocycles. The second-order valence-electron chi connectivity index (χ2n) is 5.21. The van der Waals surface area contributed by atoms with Gasteiger partial charge in [-0.15, -0.1) is 5.10 Å². The molecule has 0 bridgehead atoms. The van der Waals surface area contributed by atoms with Crippen molar-refractivity contribution in [3.63, 3.8) is 0 Å². The molecular formula is C15H18FN3O2S2. The van der Waals surface area contributed by atoms with Crippen molar-refractivity contribution >= 4 is 34.7 Å². The van der Waals surface area contributed by atoms with Crippen LogP contribution in [0.1, 0.15) is 26.3 Å². The number of hydrogen-bond donors (Lipinski definition) is 1. The van der Waals surface area contributed by atoms with Crippen molar-refractivity contribution in [3.8, 4) is 5.19 Å². The summed E-state index contributed by atoms with van der Waals surface area (Å²) < 4.78 is 19.4. The summed E-state index contributed by atoms with van der Waals surface area (Å²) in [6.07, 6.45) is 0.0254. The highest BCUT2D eigenvalue weighted by molar-refractivity contribution is 8.02. The number of rotatable bonds is 6. The first kappa shape index (κ1) is 17.7. The lowest BCUT2D eigenvalue weighted by Crippen LogP contribution is -2.22. The molecule has 8 heteroatoms. The number of halogens is 1. The molecule has 1 heterocycles. The number of benzene rings is 1. The Morgan fingerprint density at radius 1 is 1.35 bits per heavy atom. The van der Waals surface area contributed by atoms with Gasteiger partial charge in [0.2, 0.25) is 5.91 Å². The smallest absolute Gasteiger partial charge is 0.295 e. The number of aryl methyl sites for hydroxylation is 1. The molecule has 0 spiro atoms. The standard InChI is InChI=1S/C15H18FN3O2S2/c1-8(2)21-14-18-19-15(23-14)22-10(4)13(20)17-12-7-11(16)6-5-9(12)3/h5-8,10H,1-4H3,(H,17,20)/t10-/m0/s1. The van der Waals surface area contributed by atoms with E-state index in [2.05, 4.69) is 15.5 Å². The van der Waals surface area contributed by atoms with Crippen LogP contribution in [-0.2, 0) is 4.79 Å². The lowest BCUT2D eigenvalue weighted by atomic mass is 10.2. The number of anilines is 1. The maximum Gasteiger partial charge on any atom is 0.295 e. The van der Waals surface area contributed by atoms with E-state index in [4.69, 9.17) is 4.74 Å². The van der Waals surface area contributed by atoms with Crippen molar-refractivity contribution in [3.05, 3.63) is 29.6 Å². The monoisotopic (exact) mass is 355 g/mol. The van der Waals surface area contributed by atoms with Crippen LogP contribution in [0.4, 0.5) is 10.1 Å². The van der Waals surface area contributed by atoms with Crippen LogP contribution in [-0.4, -0.2) is 27.5 Å². The van der Waals surface area contributed by atoms with Crippen molar-refractivity contribution < 1.29 is 13.9 Å². The largest absolute Gasteiger partial charge is 0.466 e. The quantitative estimate of drug-likeness (QED) is 0.797. The van der Waals surface area contributed by atoms with Crippen LogP contribution in [0.5, 0.6) is 5.19 Å². The topological polar surface area (TPSA) is 64.1 Å². The molecule has 5 nitrogen and oxygen atoms in total. The van der Waals surface area contributed by atoms with Gasteiger partial charge in [0.1, 0.15) is 5.82 Å². The maximum atomic E-state index is 13.3. The number of nitrogens with one attached hydrogen (secondary N) is 1. The SMILES string of the molecule is Cc1ccc(F)cc1NC(=O)[C@H](C)Sc1nnc(OC(C)C)s1. The highest BCUT2D eigenvalue weighted by atomic mass is 32.2. The Bertz CT molecular complexity index is 691. The van der Waals surface area contributed by atoms with Crippen molar-refractivity contribution in [1.29, 1.82) is 0 Å². The van der Waals surface area contributed by atoms with Crippen LogP contribution >= 0.6 is 23.1 Å². The van der Waals surface area contributed by atoms with Crippen molar-refractivity contribution in [2.45, 2.75) is 43.4 Å². The average molecular weight is 355 g/mol. The second kappa shape index (κ2) is 7.74. The number of aromatic nitrogens is 2. The minimum Gasteiger partial charge on any atom is -0.466 e. The van der Waals surface area contributed by atoms with Crippen LogP contribution in [0.25, 0.3) is 0 Å². The molecule has 23 heavy (non-hydrogen) atoms. The van der Waals surface area contributed by atoms with Crippen molar-refractivity contribution in [1.82, 2.24) is 10.2 Å². The molecule has 2 rings (SSSR count). The lowest BCUT2D eigenvalue weighted by molar-refractivity contribution is -0.115. The molecule has 0 unspecified atom stereocenters. The Labute approximate surface area is 142 Å². The molecule has 124 valence electrons. The van der Waals surface area contributed by atoms with Gasteiger partial charge in [0, 0.05) is 5.69 Å². The first-order valence-corrected chi connectivity index (χ1v) is 8.78. The molecular weight excluding hydrogens is 337 g/mol. The molecule has 1 atom stereocenters. The van der Waals surface area contributed by atoms with Gasteiger partial charge in [-0.3, -0.25) is 4.79 Å². The van der Waals surface area contributed by atoms with Gasteiger partial charge in [-0.2, -0.15) is 0 Å². The van der Waals surface area contributed by atoms with Crippen LogP contribution in [0.15, 0.2) is 22.5 Å². The van der Waals surface area contributed by atoms with Gasteiger partial charge in [0.25, 0.3) is 5.19 Å². The first-order valence-electron chi connectivity index (χ1n) is 7.09. The highest BCUT2D eigenvalue weighted by Gasteiger charge is 2.18. The van der Waals surface area contributed by atoms with Gasteiger partial charge in [0.05, 0.1) is 11.4 Å². The first-order chi connectivity index (χ1) is 10.8. The van der Waals surface area contributed by atoms with Crippen LogP contribution in [0.3, 0.4) is 0 Å². The van der Waals surface area contributed by atoms with E-state index in [-0.39, 0.29) is 17.8 Å². The van der Waals surface area contributed by atoms with E-state index in [1.54, 1.807) is 13.0 Å². The van der Waals surface area contributed by atoms with E-state index in [1.165, 1.54) is 35.2 Å². The number of amides is 1. The fourth-order valence-electron chi connectivity index (χ4n) is 1.66. The third-order valence-electron chi connectivity index (χ3n) is 2.83. The number of nitrogens with zero attached hydrogens (tertiary/aromatic N) is 2. The summed E-state index contributed by atoms with van der Waals surface area (Å²) in [4.78, 5) is 12.2. The summed E-state index contributed by atoms with van der Waals surface area (Å²) in [5, 5.41) is 10.7. The van der Waals surface area contributed by atoms with E-state index in [9.17, 15) is 9.18 Å². The van der Waals surface area contributed by atoms with E-state index >= 15 is 0 Å². The molecule has 0 aliphatic carbocycles. The number of carbonyl (C=O) groups excluding carboxylic acids is 1. The molecule has 1 N–H and O–H groups in total. The Kier molecular flexibility index (Phi) is 5.95. The van der Waals surface area contributed by atoms with Gasteiger partial charge >= 0.3 is 0 Å². The van der Waals surface area contributed by atoms with Crippen LogP contribution in [0.2, 0.25) is 0 Å². The van der Waals surface area contributed by atoms with Crippen molar-refractivity contribution in [2.24, 2.45) is 0 Å². The molecule has 0 saturated heterocycles. The number of thioether (sulfide) groups is 1. The van der Waals surface area contributed by atoms with E-state index < -0.39 is 5.25 Å². The van der Waals surface area contributed by atoms with E-state index in [0.717, 1.165) is 5.56 Å². The summed E-state index contributed by atoms with van der Waals surface area (Å²) in [5.74, 6) is -0.601. The third kappa shape index (κ3) is 5.18. The molecule has 1 amide bonds. The zero-order valence-electron chi connectivity index (χ0n) is 13.3. The zero-order valence-corrected chi connectivity index (χ0v) is 14.9. The fourth-order valence-corrected chi connectivity index (χ4v) is 3.61. The average Bonchev–Trinajstić information content (AvgIpc) is 2.89. The molecule has 1 aromatic heterocycles. The Morgan fingerprint density at radius 3 is 2.78 bits per heavy atom. The summed E-state index contributed by atoms with van der Waals surface area (Å²) in [7, 11) is 0. The summed E-state index contributed by atoms with van der Waals surface area (Å²) in [6, 6.07) is 4.30. The third-order valence-corrected chi connectivity index (χ3v) is 4.83. The fraction of sp³-hybridized carbons (Fsp3) is 0.400. The van der Waals surface area contributed by atoms with E-state index in [0.29, 0.717) is 15.2 Å². The van der Waals surface area contributed by atoms with Crippen molar-refractivity contribution in [2.75, 3.05) is 5.32 Å². The molecule has 0 aliphatic heterocycles. The summed E-state index contributed by atoms with van der Waals surface area (Å²) >= 11 is 2.59. The van der Waals surface area contributed by atoms with Crippen LogP contribution < -0.4 is 10.1 Å². The van der Waals surface area contributed by atoms with Gasteiger partial charge in [-0.05, 0) is 56.7 Å². The molecule has 0 fully saturated rings. The highest BCUT2D eigenvalue weighted by Crippen LogP contribution is 2.31. The minimum absolute atomic E-state index is 0.0254. The predicted molar refractivity (Wildman–Crippen MR) is 90.8 cm³/mol. The number of hydrogen-bond acceptors (Lipinski definition) is 6. The van der Waals surface area contributed by atoms with Gasteiger partial charge < -0.3 is 10.1 Å². The van der Waals surface area contributed by atoms with Crippen LogP contribution in [0, 0.1) is 12.7 Å². The Hall–Kier alpha value is -1.67. The molecule has 0 radical (unpaired) electrons. The van der Waals surface area contributed by atoms with Gasteiger partial charge in [-0.1, -0.05) is 22.9 Å². The minimum atomic E-state index is -0.391. The molecule has 2 aromatic rings. The number of ether oxygens (including phenoxy) is 1. The van der Waals surface area contributed by atoms with Gasteiger partial charge in [0.15, 0.2) is 4.34 Å². The number of carbonyl (C=O) groups is 1. The molecule has 1 aromatic carbocycles. The lowest BCUT2D eigenvalue weighted by Gasteiger charge is -2.12. The normalized spacial score (nSPS) is 12.3. The second-order valence-corrected chi connectivity index (χ2v) is 7.74. The predicted octanol–water partition coefficient (Wildman–Crippen LogP) is 3.89. The maximum absolute atomic E-state index is 13.3. The Balaban J connectivity index is 1.97.